The van der Waals surface area contributed by atoms with Crippen LogP contribution in [0.5, 0.6) is 0 Å². The van der Waals surface area contributed by atoms with Crippen molar-refractivity contribution < 1.29 is 0 Å². The predicted octanol–water partition coefficient (Wildman–Crippen LogP) is 14.7. The van der Waals surface area contributed by atoms with Crippen molar-refractivity contribution in [2.45, 2.75) is 6.04 Å². The van der Waals surface area contributed by atoms with Gasteiger partial charge >= 0.3 is 0 Å². The molecule has 0 saturated heterocycles. The summed E-state index contributed by atoms with van der Waals surface area (Å²) in [5.41, 5.74) is 16.2. The van der Waals surface area contributed by atoms with Crippen molar-refractivity contribution in [1.82, 2.24) is 14.0 Å². The SMILES string of the molecule is CN1C(c2ccccc2)=NC(c2cccc(-c3ccccc3)c2)=CC1c1ccc(-n2c3ccccc3c3cc(-c4ccc5c(c4)c4ccccc4n5-c4ccccc4)ccc32)cc1. The average Bonchev–Trinajstić information content (AvgIpc) is 3.87. The third-order valence-electron chi connectivity index (χ3n) is 12.8. The van der Waals surface area contributed by atoms with Crippen LogP contribution in [0, 0.1) is 0 Å². The Morgan fingerprint density at radius 3 is 1.41 bits per heavy atom. The van der Waals surface area contributed by atoms with Gasteiger partial charge in [-0.1, -0.05) is 158 Å². The number of hydrogen-bond acceptors (Lipinski definition) is 2. The maximum absolute atomic E-state index is 5.31. The van der Waals surface area contributed by atoms with E-state index in [-0.39, 0.29) is 6.04 Å². The van der Waals surface area contributed by atoms with E-state index in [0.29, 0.717) is 0 Å². The lowest BCUT2D eigenvalue weighted by molar-refractivity contribution is 0.435. The molecule has 0 amide bonds. The van der Waals surface area contributed by atoms with Crippen molar-refractivity contribution in [1.29, 1.82) is 0 Å². The van der Waals surface area contributed by atoms with Gasteiger partial charge in [0.1, 0.15) is 5.84 Å². The monoisotopic (exact) mass is 806 g/mol. The van der Waals surface area contributed by atoms with E-state index < -0.39 is 0 Å². The number of amidine groups is 1. The molecule has 1 aliphatic heterocycles. The molecular weight excluding hydrogens is 765 g/mol. The second-order valence-electron chi connectivity index (χ2n) is 16.5. The molecule has 0 N–H and O–H groups in total. The first-order valence-corrected chi connectivity index (χ1v) is 21.6. The molecule has 298 valence electrons. The summed E-state index contributed by atoms with van der Waals surface area (Å²) in [5.74, 6) is 0.951. The first-order chi connectivity index (χ1) is 31.2. The van der Waals surface area contributed by atoms with Crippen molar-refractivity contribution in [3.8, 4) is 33.6 Å². The van der Waals surface area contributed by atoms with E-state index in [1.807, 2.05) is 0 Å². The smallest absolute Gasteiger partial charge is 0.137 e. The Hall–Kier alpha value is -8.21. The number of benzene rings is 9. The van der Waals surface area contributed by atoms with Crippen LogP contribution in [0.1, 0.15) is 22.7 Å². The molecule has 0 aliphatic carbocycles. The Morgan fingerprint density at radius 2 is 0.810 bits per heavy atom. The van der Waals surface area contributed by atoms with Crippen LogP contribution in [0.4, 0.5) is 0 Å². The lowest BCUT2D eigenvalue weighted by atomic mass is 9.96. The van der Waals surface area contributed by atoms with Gasteiger partial charge in [-0.3, -0.25) is 0 Å². The van der Waals surface area contributed by atoms with Gasteiger partial charge < -0.3 is 14.0 Å². The number of hydrogen-bond donors (Lipinski definition) is 0. The first-order valence-electron chi connectivity index (χ1n) is 21.6. The summed E-state index contributed by atoms with van der Waals surface area (Å²) in [6.45, 7) is 0. The molecule has 63 heavy (non-hydrogen) atoms. The third-order valence-corrected chi connectivity index (χ3v) is 12.8. The summed E-state index contributed by atoms with van der Waals surface area (Å²) in [4.78, 5) is 7.61. The van der Waals surface area contributed by atoms with Crippen molar-refractivity contribution in [2.75, 3.05) is 7.05 Å². The number of likely N-dealkylation sites (N-methyl/N-ethyl adjacent to an activating group) is 1. The maximum Gasteiger partial charge on any atom is 0.137 e. The Labute approximate surface area is 366 Å². The summed E-state index contributed by atoms with van der Waals surface area (Å²) in [7, 11) is 2.15. The second-order valence-corrected chi connectivity index (χ2v) is 16.5. The highest BCUT2D eigenvalue weighted by Crippen LogP contribution is 2.40. The van der Waals surface area contributed by atoms with E-state index >= 15 is 0 Å². The molecule has 4 heteroatoms. The van der Waals surface area contributed by atoms with Gasteiger partial charge in [0.15, 0.2) is 0 Å². The first kappa shape index (κ1) is 36.6. The molecule has 4 nitrogen and oxygen atoms in total. The number of aliphatic imine (C=N–C) groups is 1. The highest BCUT2D eigenvalue weighted by Gasteiger charge is 2.26. The van der Waals surface area contributed by atoms with Crippen molar-refractivity contribution in [3.05, 3.63) is 247 Å². The fourth-order valence-electron chi connectivity index (χ4n) is 9.71. The third kappa shape index (κ3) is 6.26. The molecule has 0 fully saturated rings. The van der Waals surface area contributed by atoms with Gasteiger partial charge in [0.2, 0.25) is 0 Å². The lowest BCUT2D eigenvalue weighted by Gasteiger charge is -2.33. The number of aromatic nitrogens is 2. The zero-order valence-electron chi connectivity index (χ0n) is 34.8. The molecular formula is C59H42N4. The van der Waals surface area contributed by atoms with Crippen LogP contribution in [0.15, 0.2) is 236 Å². The predicted molar refractivity (Wildman–Crippen MR) is 264 cm³/mol. The zero-order chi connectivity index (χ0) is 41.9. The van der Waals surface area contributed by atoms with E-state index in [1.54, 1.807) is 0 Å². The van der Waals surface area contributed by atoms with Crippen molar-refractivity contribution >= 4 is 55.1 Å². The van der Waals surface area contributed by atoms with Gasteiger partial charge in [-0.25, -0.2) is 4.99 Å². The largest absolute Gasteiger partial charge is 0.349 e. The summed E-state index contributed by atoms with van der Waals surface area (Å²) in [6, 6.07) is 81.0. The van der Waals surface area contributed by atoms with Crippen LogP contribution in [0.25, 0.3) is 82.9 Å². The second kappa shape index (κ2) is 15.1. The number of para-hydroxylation sites is 3. The maximum atomic E-state index is 5.31. The number of nitrogens with zero attached hydrogens (tertiary/aromatic N) is 4. The zero-order valence-corrected chi connectivity index (χ0v) is 34.8. The standard InChI is InChI=1S/C59H42N4/c1-61-58(39-53(60-59(61)42-18-7-3-8-19-42)46-21-15-20-43(36-46)40-16-5-2-6-17-40)41-28-32-48(33-29-41)63-55-27-14-12-25-50(55)52-38-45(31-35-57(52)63)44-30-34-56-51(37-44)49-24-11-13-26-54(49)62(56)47-22-9-4-10-23-47/h2-39,58H,1H3. The molecule has 9 aromatic carbocycles. The molecule has 1 atom stereocenters. The van der Waals surface area contributed by atoms with Crippen LogP contribution in [0.2, 0.25) is 0 Å². The van der Waals surface area contributed by atoms with Crippen LogP contribution < -0.4 is 0 Å². The molecule has 0 bridgehead atoms. The lowest BCUT2D eigenvalue weighted by Crippen LogP contribution is -2.33. The molecule has 1 unspecified atom stereocenters. The topological polar surface area (TPSA) is 25.5 Å². The van der Waals surface area contributed by atoms with Crippen molar-refractivity contribution in [3.63, 3.8) is 0 Å². The summed E-state index contributed by atoms with van der Waals surface area (Å²) in [6.07, 6.45) is 2.31. The molecule has 0 saturated carbocycles. The van der Waals surface area contributed by atoms with Crippen LogP contribution >= 0.6 is 0 Å². The number of fused-ring (bicyclic) bond motifs is 6. The van der Waals surface area contributed by atoms with Gasteiger partial charge in [-0.2, -0.15) is 0 Å². The summed E-state index contributed by atoms with van der Waals surface area (Å²) in [5, 5.41) is 4.98. The van der Waals surface area contributed by atoms with Gasteiger partial charge in [-0.05, 0) is 101 Å². The molecule has 0 radical (unpaired) electrons. The highest BCUT2D eigenvalue weighted by molar-refractivity contribution is 6.13. The minimum atomic E-state index is -0.0260. The minimum absolute atomic E-state index is 0.0260. The van der Waals surface area contributed by atoms with Gasteiger partial charge in [0.05, 0.1) is 33.8 Å². The van der Waals surface area contributed by atoms with Crippen LogP contribution in [-0.4, -0.2) is 26.9 Å². The Kier molecular flexibility index (Phi) is 8.75. The normalized spacial score (nSPS) is 14.1. The Bertz CT molecular complexity index is 3560. The minimum Gasteiger partial charge on any atom is -0.349 e. The fraction of sp³-hybridized carbons (Fsp3) is 0.0339. The fourth-order valence-corrected chi connectivity index (χ4v) is 9.71. The van der Waals surface area contributed by atoms with E-state index in [0.717, 1.165) is 28.3 Å². The number of rotatable bonds is 7. The molecule has 0 spiro atoms. The molecule has 11 aromatic rings. The molecule has 2 aromatic heterocycles. The van der Waals surface area contributed by atoms with Crippen LogP contribution in [0.3, 0.4) is 0 Å². The quantitative estimate of drug-likeness (QED) is 0.157. The van der Waals surface area contributed by atoms with Gasteiger partial charge in [0.25, 0.3) is 0 Å². The highest BCUT2D eigenvalue weighted by atomic mass is 15.2. The van der Waals surface area contributed by atoms with E-state index in [2.05, 4.69) is 252 Å². The average molecular weight is 807 g/mol. The van der Waals surface area contributed by atoms with E-state index in [9.17, 15) is 0 Å². The van der Waals surface area contributed by atoms with E-state index in [1.165, 1.54) is 77.1 Å². The van der Waals surface area contributed by atoms with Crippen molar-refractivity contribution in [2.24, 2.45) is 4.99 Å². The molecule has 12 rings (SSSR count). The van der Waals surface area contributed by atoms with E-state index in [4.69, 9.17) is 4.99 Å². The van der Waals surface area contributed by atoms with Gasteiger partial charge in [0, 0.05) is 51.1 Å². The van der Waals surface area contributed by atoms with Gasteiger partial charge in [-0.15, -0.1) is 0 Å². The molecule has 1 aliphatic rings. The summed E-state index contributed by atoms with van der Waals surface area (Å²) >= 11 is 0. The summed E-state index contributed by atoms with van der Waals surface area (Å²) < 4.78 is 4.78. The Morgan fingerprint density at radius 1 is 0.349 bits per heavy atom. The van der Waals surface area contributed by atoms with Crippen LogP contribution in [-0.2, 0) is 0 Å². The molecule has 3 heterocycles. The Balaban J connectivity index is 0.929.